The molecule has 1 amide bonds. The number of azo groups is 1. The highest BCUT2D eigenvalue weighted by Gasteiger charge is 2.19. The molecular formula is C27H19N5O3. The number of phenols is 1. The maximum atomic E-state index is 13.0. The number of nitrogens with zero attached hydrogens (tertiary/aromatic N) is 4. The minimum Gasteiger partial charge on any atom is -0.505 e. The van der Waals surface area contributed by atoms with Crippen molar-refractivity contribution in [2.45, 2.75) is 0 Å². The zero-order chi connectivity index (χ0) is 24.2. The number of aldehydes is 1. The first kappa shape index (κ1) is 21.7. The fourth-order valence-electron chi connectivity index (χ4n) is 3.71. The number of carbonyl (C=O) groups is 2. The van der Waals surface area contributed by atoms with E-state index in [0.29, 0.717) is 28.4 Å². The minimum atomic E-state index is -0.487. The molecule has 35 heavy (non-hydrogen) atoms. The summed E-state index contributed by atoms with van der Waals surface area (Å²) in [5.74, 6) is -0.605. The van der Waals surface area contributed by atoms with Crippen LogP contribution in [0.2, 0.25) is 0 Å². The van der Waals surface area contributed by atoms with Crippen LogP contribution in [0.3, 0.4) is 0 Å². The molecule has 5 aromatic rings. The summed E-state index contributed by atoms with van der Waals surface area (Å²) in [5.41, 5.74) is 1.68. The molecule has 8 nitrogen and oxygen atoms in total. The maximum Gasteiger partial charge on any atom is 0.259 e. The normalized spacial score (nSPS) is 11.1. The van der Waals surface area contributed by atoms with Crippen LogP contribution in [0.4, 0.5) is 17.2 Å². The van der Waals surface area contributed by atoms with E-state index in [1.54, 1.807) is 42.5 Å². The number of carbonyl (C=O) groups excluding carboxylic acids is 2. The van der Waals surface area contributed by atoms with E-state index >= 15 is 0 Å². The Bertz CT molecular complexity index is 1560. The number of aromatic hydroxyl groups is 1. The summed E-state index contributed by atoms with van der Waals surface area (Å²) in [6.07, 6.45) is 2.04. The van der Waals surface area contributed by atoms with E-state index in [1.807, 2.05) is 48.5 Å². The average Bonchev–Trinajstić information content (AvgIpc) is 3.32. The quantitative estimate of drug-likeness (QED) is 0.231. The molecule has 0 unspecified atom stereocenters. The molecule has 0 saturated carbocycles. The van der Waals surface area contributed by atoms with Crippen molar-refractivity contribution < 1.29 is 14.7 Å². The van der Waals surface area contributed by atoms with Crippen LogP contribution in [0.1, 0.15) is 20.7 Å². The number of para-hydroxylation sites is 2. The zero-order valence-corrected chi connectivity index (χ0v) is 18.4. The van der Waals surface area contributed by atoms with Gasteiger partial charge in [-0.1, -0.05) is 60.7 Å². The molecule has 2 N–H and O–H groups in total. The molecule has 0 spiro atoms. The second-order valence-corrected chi connectivity index (χ2v) is 7.65. The number of nitrogens with one attached hydrogen (secondary N) is 1. The van der Waals surface area contributed by atoms with Gasteiger partial charge >= 0.3 is 0 Å². The zero-order valence-electron chi connectivity index (χ0n) is 18.4. The van der Waals surface area contributed by atoms with Crippen LogP contribution in [-0.4, -0.2) is 27.1 Å². The van der Waals surface area contributed by atoms with E-state index in [2.05, 4.69) is 20.6 Å². The number of fused-ring (bicyclic) bond motifs is 1. The van der Waals surface area contributed by atoms with Crippen LogP contribution in [0.25, 0.3) is 16.5 Å². The first-order chi connectivity index (χ1) is 17.2. The summed E-state index contributed by atoms with van der Waals surface area (Å²) in [6.45, 7) is 0. The molecule has 0 bridgehead atoms. The summed E-state index contributed by atoms with van der Waals surface area (Å²) >= 11 is 0. The molecule has 1 heterocycles. The second-order valence-electron chi connectivity index (χ2n) is 7.65. The van der Waals surface area contributed by atoms with Crippen LogP contribution in [0, 0.1) is 0 Å². The van der Waals surface area contributed by atoms with E-state index in [9.17, 15) is 14.7 Å². The van der Waals surface area contributed by atoms with Gasteiger partial charge in [0.05, 0.1) is 23.0 Å². The molecule has 0 aliphatic carbocycles. The molecular weight excluding hydrogens is 442 g/mol. The Morgan fingerprint density at radius 2 is 1.60 bits per heavy atom. The van der Waals surface area contributed by atoms with Gasteiger partial charge in [0.2, 0.25) is 0 Å². The van der Waals surface area contributed by atoms with Gasteiger partial charge in [-0.05, 0) is 35.7 Å². The molecule has 0 atom stereocenters. The molecule has 0 aliphatic rings. The van der Waals surface area contributed by atoms with Crippen molar-refractivity contribution in [1.29, 1.82) is 0 Å². The van der Waals surface area contributed by atoms with Crippen molar-refractivity contribution in [3.63, 3.8) is 0 Å². The van der Waals surface area contributed by atoms with Crippen LogP contribution in [0.15, 0.2) is 107 Å². The van der Waals surface area contributed by atoms with Crippen molar-refractivity contribution in [2.75, 3.05) is 5.32 Å². The molecule has 8 heteroatoms. The number of benzene rings is 4. The lowest BCUT2D eigenvalue weighted by Gasteiger charge is -2.11. The van der Waals surface area contributed by atoms with Gasteiger partial charge in [0, 0.05) is 11.1 Å². The van der Waals surface area contributed by atoms with Gasteiger partial charge in [0.15, 0.2) is 17.9 Å². The average molecular weight is 461 g/mol. The van der Waals surface area contributed by atoms with E-state index in [0.717, 1.165) is 0 Å². The Hall–Kier alpha value is -5.11. The van der Waals surface area contributed by atoms with Crippen LogP contribution in [-0.2, 0) is 0 Å². The van der Waals surface area contributed by atoms with Crippen molar-refractivity contribution >= 4 is 40.2 Å². The predicted octanol–water partition coefficient (Wildman–Crippen LogP) is 6.21. The number of hydrogen-bond donors (Lipinski definition) is 2. The Labute approximate surface area is 200 Å². The highest BCUT2D eigenvalue weighted by Crippen LogP contribution is 2.40. The topological polar surface area (TPSA) is 109 Å². The Balaban J connectivity index is 1.61. The summed E-state index contributed by atoms with van der Waals surface area (Å²) < 4.78 is 1.48. The molecule has 0 saturated heterocycles. The fourth-order valence-corrected chi connectivity index (χ4v) is 3.71. The highest BCUT2D eigenvalue weighted by atomic mass is 16.3. The van der Waals surface area contributed by atoms with Gasteiger partial charge in [-0.15, -0.1) is 10.2 Å². The Morgan fingerprint density at radius 3 is 2.34 bits per heavy atom. The van der Waals surface area contributed by atoms with Crippen molar-refractivity contribution in [2.24, 2.45) is 10.2 Å². The fraction of sp³-hybridized carbons (Fsp3) is 0. The second kappa shape index (κ2) is 9.40. The van der Waals surface area contributed by atoms with E-state index < -0.39 is 5.91 Å². The lowest BCUT2D eigenvalue weighted by Crippen LogP contribution is -2.12. The van der Waals surface area contributed by atoms with E-state index in [4.69, 9.17) is 0 Å². The summed E-state index contributed by atoms with van der Waals surface area (Å²) in [5, 5.41) is 28.0. The molecule has 5 rings (SSSR count). The summed E-state index contributed by atoms with van der Waals surface area (Å²) in [7, 11) is 0. The van der Waals surface area contributed by atoms with Crippen molar-refractivity contribution in [1.82, 2.24) is 9.78 Å². The maximum absolute atomic E-state index is 13.0. The van der Waals surface area contributed by atoms with Gasteiger partial charge < -0.3 is 10.4 Å². The van der Waals surface area contributed by atoms with Crippen LogP contribution < -0.4 is 5.32 Å². The number of phenolic OH excluding ortho intramolecular Hbond substituents is 1. The standard InChI is InChI=1S/C27H19N5O3/c33-17-19-16-28-32(21-12-5-2-6-13-21)26(19)31-30-24-22-14-8-7-9-18(22)15-23(25(24)34)27(35)29-20-10-3-1-4-11-20/h1-17,34H,(H,29,35)/b31-30+. The molecule has 0 aliphatic heterocycles. The van der Waals surface area contributed by atoms with Crippen molar-refractivity contribution in [3.05, 3.63) is 108 Å². The smallest absolute Gasteiger partial charge is 0.259 e. The third kappa shape index (κ3) is 4.28. The highest BCUT2D eigenvalue weighted by molar-refractivity contribution is 6.11. The monoisotopic (exact) mass is 461 g/mol. The SMILES string of the molecule is O=Cc1cnn(-c2ccccc2)c1/N=N/c1c(O)c(C(=O)Nc2ccccc2)cc2ccccc12. The van der Waals surface area contributed by atoms with E-state index in [1.165, 1.54) is 10.9 Å². The van der Waals surface area contributed by atoms with Crippen LogP contribution >= 0.6 is 0 Å². The third-order valence-corrected chi connectivity index (χ3v) is 5.42. The number of amides is 1. The summed E-state index contributed by atoms with van der Waals surface area (Å²) in [6, 6.07) is 27.0. The van der Waals surface area contributed by atoms with Gasteiger partial charge in [0.25, 0.3) is 5.91 Å². The Morgan fingerprint density at radius 1 is 0.914 bits per heavy atom. The van der Waals surface area contributed by atoms with E-state index in [-0.39, 0.29) is 28.4 Å². The largest absolute Gasteiger partial charge is 0.505 e. The minimum absolute atomic E-state index is 0.0497. The first-order valence-corrected chi connectivity index (χ1v) is 10.8. The number of rotatable bonds is 6. The van der Waals surface area contributed by atoms with Gasteiger partial charge in [0.1, 0.15) is 5.69 Å². The summed E-state index contributed by atoms with van der Waals surface area (Å²) in [4.78, 5) is 24.6. The Kier molecular flexibility index (Phi) is 5.83. The van der Waals surface area contributed by atoms with Gasteiger partial charge in [-0.2, -0.15) is 5.10 Å². The van der Waals surface area contributed by atoms with Gasteiger partial charge in [-0.25, -0.2) is 4.68 Å². The number of aromatic nitrogens is 2. The molecule has 0 radical (unpaired) electrons. The molecule has 0 fully saturated rings. The third-order valence-electron chi connectivity index (χ3n) is 5.42. The van der Waals surface area contributed by atoms with Crippen LogP contribution in [0.5, 0.6) is 5.75 Å². The predicted molar refractivity (Wildman–Crippen MR) is 133 cm³/mol. The first-order valence-electron chi connectivity index (χ1n) is 10.8. The number of hydrogen-bond acceptors (Lipinski definition) is 6. The number of anilines is 1. The van der Waals surface area contributed by atoms with Crippen molar-refractivity contribution in [3.8, 4) is 11.4 Å². The van der Waals surface area contributed by atoms with Gasteiger partial charge in [-0.3, -0.25) is 9.59 Å². The molecule has 4 aromatic carbocycles. The lowest BCUT2D eigenvalue weighted by molar-refractivity contribution is 0.102. The molecule has 1 aromatic heterocycles. The molecule has 170 valence electrons. The lowest BCUT2D eigenvalue weighted by atomic mass is 10.0.